The Balaban J connectivity index is -0.000000271. The van der Waals surface area contributed by atoms with E-state index in [4.69, 9.17) is 14.2 Å². The maximum absolute atomic E-state index is 10.6. The first-order valence-corrected chi connectivity index (χ1v) is 22.5. The van der Waals surface area contributed by atoms with E-state index in [1.807, 2.05) is 0 Å². The Morgan fingerprint density at radius 1 is 0.458 bits per heavy atom. The molecule has 0 N–H and O–H groups in total. The van der Waals surface area contributed by atoms with Crippen LogP contribution in [-0.4, -0.2) is 77.5 Å². The first kappa shape index (κ1) is 55.0. The van der Waals surface area contributed by atoms with Crippen molar-refractivity contribution >= 4 is 78.3 Å². The molecule has 0 unspecified atom stereocenters. The van der Waals surface area contributed by atoms with Gasteiger partial charge in [0.1, 0.15) is 0 Å². The normalized spacial score (nSPS) is 10.4. The molecule has 0 aromatic carbocycles. The van der Waals surface area contributed by atoms with Gasteiger partial charge in [-0.1, -0.05) is 117 Å². The second-order valence-corrected chi connectivity index (χ2v) is 15.6. The van der Waals surface area contributed by atoms with Crippen LogP contribution in [0.4, 0.5) is 0 Å². The number of hydrogen-bond donors (Lipinski definition) is 0. The summed E-state index contributed by atoms with van der Waals surface area (Å²) in [5, 5.41) is 0. The van der Waals surface area contributed by atoms with Gasteiger partial charge in [-0.2, -0.15) is 0 Å². The average molecular weight is 842 g/mol. The molecule has 0 aliphatic rings. The van der Waals surface area contributed by atoms with Gasteiger partial charge in [-0.05, 0) is 37.0 Å². The molecule has 0 aliphatic carbocycles. The number of rotatable bonds is 27. The molecule has 6 nitrogen and oxygen atoms in total. The Labute approximate surface area is 328 Å². The van der Waals surface area contributed by atoms with E-state index >= 15 is 0 Å². The molecule has 0 aliphatic heterocycles. The second kappa shape index (κ2) is 47.3. The molecule has 10 heteroatoms. The van der Waals surface area contributed by atoms with Crippen LogP contribution in [-0.2, 0) is 66.5 Å². The predicted molar refractivity (Wildman–Crippen MR) is 213 cm³/mol. The minimum absolute atomic E-state index is 0.0754. The van der Waals surface area contributed by atoms with Crippen LogP contribution < -0.4 is 0 Å². The number of carbonyl (C=O) groups excluding carboxylic acids is 3. The van der Waals surface area contributed by atoms with E-state index in [2.05, 4.69) is 86.4 Å². The van der Waals surface area contributed by atoms with Gasteiger partial charge in [0.15, 0.2) is 0 Å². The fourth-order valence-electron chi connectivity index (χ4n) is 4.08. The van der Waals surface area contributed by atoms with E-state index in [-0.39, 0.29) is 35.2 Å². The van der Waals surface area contributed by atoms with Gasteiger partial charge in [0.2, 0.25) is 0 Å². The van der Waals surface area contributed by atoms with Gasteiger partial charge in [-0.25, -0.2) is 0 Å². The third-order valence-electron chi connectivity index (χ3n) is 6.95. The van der Waals surface area contributed by atoms with Crippen molar-refractivity contribution in [2.45, 2.75) is 168 Å². The van der Waals surface area contributed by atoms with E-state index in [1.54, 1.807) is 22.5 Å². The molecule has 0 aromatic heterocycles. The summed E-state index contributed by atoms with van der Waals surface area (Å²) in [6.45, 7) is 17.2. The number of ether oxygens (including phenoxy) is 3. The van der Waals surface area contributed by atoms with Crippen LogP contribution in [0.3, 0.4) is 0 Å². The Kier molecular flexibility index (Phi) is 54.2. The van der Waals surface area contributed by atoms with Crippen LogP contribution in [0.25, 0.3) is 0 Å². The first-order valence-electron chi connectivity index (χ1n) is 18.8. The third-order valence-corrected chi connectivity index (χ3v) is 8.67. The molecular formula is C38H74O6S3Sn. The zero-order valence-electron chi connectivity index (χ0n) is 32.1. The molecular weight excluding hydrogens is 767 g/mol. The van der Waals surface area contributed by atoms with Crippen LogP contribution >= 0.6 is 0 Å². The predicted octanol–water partition coefficient (Wildman–Crippen LogP) is 9.81. The molecule has 284 valence electrons. The summed E-state index contributed by atoms with van der Waals surface area (Å²) in [6.07, 6.45) is 22.5. The molecule has 0 bridgehead atoms. The van der Waals surface area contributed by atoms with E-state index < -0.39 is 0 Å². The maximum atomic E-state index is 10.6. The summed E-state index contributed by atoms with van der Waals surface area (Å²) >= 11 is 15.3. The summed E-state index contributed by atoms with van der Waals surface area (Å²) in [5.41, 5.74) is 0. The number of hydrogen-bond acceptors (Lipinski definition) is 9. The van der Waals surface area contributed by atoms with Crippen molar-refractivity contribution in [3.8, 4) is 0 Å². The summed E-state index contributed by atoms with van der Waals surface area (Å²) in [4.78, 5) is 31.9. The van der Waals surface area contributed by atoms with Crippen LogP contribution in [0.15, 0.2) is 0 Å². The van der Waals surface area contributed by atoms with Crippen molar-refractivity contribution < 1.29 is 28.6 Å². The SMILES string of the molecule is CC(C)CCCCCOC(=O)C[S-].CC(C)CCCCCOC(=O)C[S-].CC(C)CCCCCOC(=O)C[S-].CCCCCCC[CH2][Sn+3]. The van der Waals surface area contributed by atoms with Crippen molar-refractivity contribution in [1.82, 2.24) is 0 Å². The van der Waals surface area contributed by atoms with E-state index in [0.29, 0.717) is 19.8 Å². The van der Waals surface area contributed by atoms with E-state index in [1.165, 1.54) is 81.5 Å². The molecule has 0 amide bonds. The summed E-state index contributed by atoms with van der Waals surface area (Å²) < 4.78 is 16.0. The van der Waals surface area contributed by atoms with Gasteiger partial charge in [0.05, 0.1) is 19.8 Å². The first-order chi connectivity index (χ1) is 22.9. The fraction of sp³-hybridized carbons (Fsp3) is 0.921. The van der Waals surface area contributed by atoms with E-state index in [9.17, 15) is 14.4 Å². The molecule has 48 heavy (non-hydrogen) atoms. The van der Waals surface area contributed by atoms with E-state index in [0.717, 1.165) is 56.3 Å². The fourth-order valence-corrected chi connectivity index (χ4v) is 5.05. The number of carbonyl (C=O) groups is 3. The molecule has 0 heterocycles. The van der Waals surface area contributed by atoms with Crippen molar-refractivity contribution in [2.24, 2.45) is 17.8 Å². The molecule has 0 rings (SSSR count). The Morgan fingerprint density at radius 3 is 0.979 bits per heavy atom. The summed E-state index contributed by atoms with van der Waals surface area (Å²) in [5.74, 6) is 1.75. The molecule has 0 radical (unpaired) electrons. The Hall–Kier alpha value is 0.259. The minimum atomic E-state index is -0.265. The van der Waals surface area contributed by atoms with Crippen LogP contribution in [0.5, 0.6) is 0 Å². The Bertz CT molecular complexity index is 584. The van der Waals surface area contributed by atoms with Gasteiger partial charge >= 0.3 is 72.4 Å². The zero-order valence-corrected chi connectivity index (χ0v) is 37.4. The van der Waals surface area contributed by atoms with Crippen molar-refractivity contribution in [1.29, 1.82) is 0 Å². The van der Waals surface area contributed by atoms with Gasteiger partial charge in [-0.15, -0.1) is 0 Å². The van der Waals surface area contributed by atoms with Gasteiger partial charge in [-0.3, -0.25) is 14.4 Å². The van der Waals surface area contributed by atoms with Crippen LogP contribution in [0, 0.1) is 17.8 Å². The standard InChI is InChI=1S/3C10H20O2S.C8H17.Sn/c3*1-9(2)6-4-3-5-7-12-10(11)8-13;1-3-5-7-8-6-4-2;/h3*9,13H,3-8H2,1-2H3;1,3-8H2,2H3;/q;;;;+3/p-3. The molecule has 0 saturated heterocycles. The van der Waals surface area contributed by atoms with Gasteiger partial charge in [0, 0.05) is 0 Å². The molecule has 0 fully saturated rings. The topological polar surface area (TPSA) is 78.9 Å². The monoisotopic (exact) mass is 842 g/mol. The van der Waals surface area contributed by atoms with Crippen LogP contribution in [0.1, 0.15) is 164 Å². The van der Waals surface area contributed by atoms with Crippen LogP contribution in [0.2, 0.25) is 4.44 Å². The second-order valence-electron chi connectivity index (χ2n) is 13.3. The zero-order chi connectivity index (χ0) is 37.3. The molecule has 0 saturated carbocycles. The third kappa shape index (κ3) is 61.5. The average Bonchev–Trinajstić information content (AvgIpc) is 3.05. The summed E-state index contributed by atoms with van der Waals surface area (Å²) in [7, 11) is 0. The molecule has 0 aromatic rings. The summed E-state index contributed by atoms with van der Waals surface area (Å²) in [6, 6.07) is 0. The number of unbranched alkanes of at least 4 members (excludes halogenated alkanes) is 11. The Morgan fingerprint density at radius 2 is 0.729 bits per heavy atom. The quantitative estimate of drug-likeness (QED) is 0.0264. The van der Waals surface area contributed by atoms with Gasteiger partial charge in [0.25, 0.3) is 17.9 Å². The van der Waals surface area contributed by atoms with Crippen molar-refractivity contribution in [3.05, 3.63) is 0 Å². The molecule has 0 atom stereocenters. The number of esters is 3. The van der Waals surface area contributed by atoms with Crippen molar-refractivity contribution in [3.63, 3.8) is 0 Å². The van der Waals surface area contributed by atoms with Gasteiger partial charge < -0.3 is 52.1 Å². The molecule has 0 spiro atoms. The van der Waals surface area contributed by atoms with Crippen molar-refractivity contribution in [2.75, 3.05) is 37.1 Å².